The summed E-state index contributed by atoms with van der Waals surface area (Å²) in [6.07, 6.45) is 1.62. The Labute approximate surface area is 97.0 Å². The summed E-state index contributed by atoms with van der Waals surface area (Å²) in [4.78, 5) is 13.0. The van der Waals surface area contributed by atoms with Gasteiger partial charge in [-0.25, -0.2) is 5.43 Å². The minimum absolute atomic E-state index is 0.262. The van der Waals surface area contributed by atoms with Crippen molar-refractivity contribution in [3.05, 3.63) is 46.7 Å². The lowest BCUT2D eigenvalue weighted by atomic mass is 10.2. The summed E-state index contributed by atoms with van der Waals surface area (Å²) in [6.45, 7) is 1.79. The molecule has 1 heterocycles. The van der Waals surface area contributed by atoms with Crippen molar-refractivity contribution in [1.29, 1.82) is 0 Å². The molecule has 0 radical (unpaired) electrons. The van der Waals surface area contributed by atoms with E-state index in [2.05, 4.69) is 15.7 Å². The number of benzene rings is 1. The van der Waals surface area contributed by atoms with Gasteiger partial charge in [0.05, 0.1) is 11.9 Å². The summed E-state index contributed by atoms with van der Waals surface area (Å²) >= 11 is 5.72. The molecule has 2 aromatic rings. The number of nitrogens with one attached hydrogen (secondary N) is 1. The van der Waals surface area contributed by atoms with Gasteiger partial charge in [0.15, 0.2) is 0 Å². The number of aromatic nitrogens is 3. The first-order valence-corrected chi connectivity index (χ1v) is 4.99. The molecule has 0 unspecified atom stereocenters. The molecule has 0 bridgehead atoms. The average molecular weight is 237 g/mol. The molecule has 1 N–H and O–H groups in total. The summed E-state index contributed by atoms with van der Waals surface area (Å²) < 4.78 is 0. The highest BCUT2D eigenvalue weighted by Gasteiger charge is 2.06. The van der Waals surface area contributed by atoms with E-state index >= 15 is 0 Å². The second-order valence-corrected chi connectivity index (χ2v) is 3.69. The molecule has 0 saturated heterocycles. The number of nitrogens with zero attached hydrogens (tertiary/aromatic N) is 3. The van der Waals surface area contributed by atoms with Crippen LogP contribution in [-0.4, -0.2) is 21.0 Å². The van der Waals surface area contributed by atoms with E-state index in [1.54, 1.807) is 37.4 Å². The van der Waals surface area contributed by atoms with Gasteiger partial charge in [-0.1, -0.05) is 11.6 Å². The largest absolute Gasteiger partial charge is 0.271 e. The number of halogens is 1. The van der Waals surface area contributed by atoms with Crippen molar-refractivity contribution in [3.8, 4) is 0 Å². The van der Waals surface area contributed by atoms with E-state index in [9.17, 15) is 4.79 Å². The lowest BCUT2D eigenvalue weighted by Crippen LogP contribution is -2.23. The van der Waals surface area contributed by atoms with E-state index in [1.807, 2.05) is 0 Å². The van der Waals surface area contributed by atoms with Crippen LogP contribution in [0.25, 0.3) is 0 Å². The highest BCUT2D eigenvalue weighted by molar-refractivity contribution is 6.30. The molecule has 6 heteroatoms. The van der Waals surface area contributed by atoms with Gasteiger partial charge in [0.1, 0.15) is 0 Å². The molecule has 16 heavy (non-hydrogen) atoms. The highest BCUT2D eigenvalue weighted by Crippen LogP contribution is 2.09. The quantitative estimate of drug-likeness (QED) is 0.862. The maximum Gasteiger partial charge on any atom is 0.271 e. The van der Waals surface area contributed by atoms with E-state index in [1.165, 1.54) is 4.79 Å². The topological polar surface area (TPSA) is 59.8 Å². The van der Waals surface area contributed by atoms with Crippen LogP contribution in [0.5, 0.6) is 0 Å². The SMILES string of the molecule is Cc1cn(NC(=O)c2ccc(Cl)cc2)nn1. The fourth-order valence-electron chi connectivity index (χ4n) is 1.17. The standard InChI is InChI=1S/C10H9ClN4O/c1-7-6-15(14-12-7)13-10(16)8-2-4-9(11)5-3-8/h2-6H,1H3,(H,13,16). The fourth-order valence-corrected chi connectivity index (χ4v) is 1.30. The van der Waals surface area contributed by atoms with Crippen LogP contribution in [0.3, 0.4) is 0 Å². The lowest BCUT2D eigenvalue weighted by molar-refractivity contribution is 0.100. The molecule has 0 spiro atoms. The Morgan fingerprint density at radius 3 is 2.62 bits per heavy atom. The van der Waals surface area contributed by atoms with Crippen molar-refractivity contribution in [2.24, 2.45) is 0 Å². The number of rotatable bonds is 2. The lowest BCUT2D eigenvalue weighted by Gasteiger charge is -2.03. The van der Waals surface area contributed by atoms with Gasteiger partial charge in [-0.05, 0) is 36.4 Å². The molecule has 1 aromatic heterocycles. The van der Waals surface area contributed by atoms with E-state index in [4.69, 9.17) is 11.6 Å². The highest BCUT2D eigenvalue weighted by atomic mass is 35.5. The van der Waals surface area contributed by atoms with Gasteiger partial charge in [-0.2, -0.15) is 4.79 Å². The molecule has 1 aromatic carbocycles. The van der Waals surface area contributed by atoms with Gasteiger partial charge >= 0.3 is 0 Å². The Bertz CT molecular complexity index is 506. The molecule has 0 aliphatic heterocycles. The van der Waals surface area contributed by atoms with Crippen LogP contribution in [0.2, 0.25) is 5.02 Å². The van der Waals surface area contributed by atoms with Crippen LogP contribution < -0.4 is 5.43 Å². The molecule has 0 fully saturated rings. The molecule has 5 nitrogen and oxygen atoms in total. The van der Waals surface area contributed by atoms with Crippen LogP contribution in [0.1, 0.15) is 16.1 Å². The third kappa shape index (κ3) is 2.38. The molecule has 0 aliphatic rings. The predicted octanol–water partition coefficient (Wildman–Crippen LogP) is 1.62. The van der Waals surface area contributed by atoms with E-state index < -0.39 is 0 Å². The van der Waals surface area contributed by atoms with Gasteiger partial charge in [0.25, 0.3) is 5.91 Å². The minimum atomic E-state index is -0.262. The summed E-state index contributed by atoms with van der Waals surface area (Å²) in [5.74, 6) is -0.262. The molecular formula is C10H9ClN4O. The number of hydrogen-bond acceptors (Lipinski definition) is 3. The zero-order chi connectivity index (χ0) is 11.5. The van der Waals surface area contributed by atoms with Crippen molar-refractivity contribution in [2.75, 3.05) is 5.43 Å². The summed E-state index contributed by atoms with van der Waals surface area (Å²) in [5.41, 5.74) is 3.80. The number of carbonyl (C=O) groups excluding carboxylic acids is 1. The van der Waals surface area contributed by atoms with E-state index in [0.29, 0.717) is 10.6 Å². The van der Waals surface area contributed by atoms with E-state index in [-0.39, 0.29) is 5.91 Å². The van der Waals surface area contributed by atoms with Crippen molar-refractivity contribution < 1.29 is 4.79 Å². The zero-order valence-electron chi connectivity index (χ0n) is 8.51. The smallest absolute Gasteiger partial charge is 0.267 e. The van der Waals surface area contributed by atoms with Gasteiger partial charge < -0.3 is 0 Å². The average Bonchev–Trinajstić information content (AvgIpc) is 2.65. The Kier molecular flexibility index (Phi) is 2.87. The van der Waals surface area contributed by atoms with E-state index in [0.717, 1.165) is 5.69 Å². The first kappa shape index (κ1) is 10.6. The summed E-state index contributed by atoms with van der Waals surface area (Å²) in [5, 5.41) is 8.05. The molecule has 0 aliphatic carbocycles. The maximum atomic E-state index is 11.7. The molecular weight excluding hydrogens is 228 g/mol. The number of aryl methyl sites for hydroxylation is 1. The Morgan fingerprint density at radius 1 is 1.38 bits per heavy atom. The minimum Gasteiger partial charge on any atom is -0.267 e. The second-order valence-electron chi connectivity index (χ2n) is 3.25. The monoisotopic (exact) mass is 236 g/mol. The molecule has 1 amide bonds. The molecule has 0 atom stereocenters. The number of hydrogen-bond donors (Lipinski definition) is 1. The predicted molar refractivity (Wildman–Crippen MR) is 59.9 cm³/mol. The summed E-state index contributed by atoms with van der Waals surface area (Å²) in [7, 11) is 0. The van der Waals surface area contributed by atoms with Gasteiger partial charge in [0.2, 0.25) is 0 Å². The third-order valence-electron chi connectivity index (χ3n) is 1.93. The van der Waals surface area contributed by atoms with Crippen LogP contribution in [0, 0.1) is 6.92 Å². The first-order chi connectivity index (χ1) is 7.65. The van der Waals surface area contributed by atoms with Crippen molar-refractivity contribution in [1.82, 2.24) is 15.1 Å². The Morgan fingerprint density at radius 2 is 2.06 bits per heavy atom. The maximum absolute atomic E-state index is 11.7. The normalized spacial score (nSPS) is 10.1. The fraction of sp³-hybridized carbons (Fsp3) is 0.100. The molecule has 2 rings (SSSR count). The summed E-state index contributed by atoms with van der Waals surface area (Å²) in [6, 6.07) is 6.59. The second kappa shape index (κ2) is 4.32. The zero-order valence-corrected chi connectivity index (χ0v) is 9.27. The van der Waals surface area contributed by atoms with Crippen LogP contribution >= 0.6 is 11.6 Å². The van der Waals surface area contributed by atoms with Crippen molar-refractivity contribution in [2.45, 2.75) is 6.92 Å². The molecule has 82 valence electrons. The Hall–Kier alpha value is -1.88. The third-order valence-corrected chi connectivity index (χ3v) is 2.18. The number of amides is 1. The number of carbonyl (C=O) groups is 1. The van der Waals surface area contributed by atoms with Crippen LogP contribution in [-0.2, 0) is 0 Å². The van der Waals surface area contributed by atoms with Crippen LogP contribution in [0.15, 0.2) is 30.5 Å². The first-order valence-electron chi connectivity index (χ1n) is 4.61. The van der Waals surface area contributed by atoms with Crippen LogP contribution in [0.4, 0.5) is 0 Å². The Balaban J connectivity index is 2.11. The van der Waals surface area contributed by atoms with Crippen molar-refractivity contribution in [3.63, 3.8) is 0 Å². The van der Waals surface area contributed by atoms with Gasteiger partial charge in [-0.3, -0.25) is 4.79 Å². The van der Waals surface area contributed by atoms with Gasteiger partial charge in [0, 0.05) is 10.6 Å². The van der Waals surface area contributed by atoms with Crippen molar-refractivity contribution >= 4 is 17.5 Å². The molecule has 0 saturated carbocycles. The van der Waals surface area contributed by atoms with Gasteiger partial charge in [-0.15, -0.1) is 5.10 Å².